The summed E-state index contributed by atoms with van der Waals surface area (Å²) in [5.41, 5.74) is 0.0924. The van der Waals surface area contributed by atoms with Crippen molar-refractivity contribution in [2.75, 3.05) is 26.9 Å². The van der Waals surface area contributed by atoms with Crippen LogP contribution in [-0.4, -0.2) is 38.8 Å². The Morgan fingerprint density at radius 1 is 1.33 bits per heavy atom. The van der Waals surface area contributed by atoms with Crippen LogP contribution in [0.3, 0.4) is 0 Å². The number of hydrogen-bond donors (Lipinski definition) is 0. The lowest BCUT2D eigenvalue weighted by molar-refractivity contribution is -0.309. The minimum atomic E-state index is -0.526. The van der Waals surface area contributed by atoms with Gasteiger partial charge in [0.2, 0.25) is 0 Å². The predicted octanol–water partition coefficient (Wildman–Crippen LogP) is 2.48. The fourth-order valence-electron chi connectivity index (χ4n) is 2.32. The van der Waals surface area contributed by atoms with E-state index in [1.807, 2.05) is 6.08 Å². The van der Waals surface area contributed by atoms with Crippen LogP contribution in [0.25, 0.3) is 0 Å². The van der Waals surface area contributed by atoms with Crippen LogP contribution in [-0.2, 0) is 18.9 Å². The zero-order valence-corrected chi connectivity index (χ0v) is 11.8. The smallest absolute Gasteiger partial charge is 0.170 e. The molecule has 0 amide bonds. The SMILES string of the molecule is CCC1(CC2OCC=C2OC)OCC(C)(C)CO1. The van der Waals surface area contributed by atoms with E-state index in [1.165, 1.54) is 0 Å². The first-order chi connectivity index (χ1) is 8.50. The fraction of sp³-hybridized carbons (Fsp3) is 0.857. The van der Waals surface area contributed by atoms with E-state index in [4.69, 9.17) is 18.9 Å². The van der Waals surface area contributed by atoms with Crippen molar-refractivity contribution in [3.8, 4) is 0 Å². The van der Waals surface area contributed by atoms with Gasteiger partial charge < -0.3 is 18.9 Å². The van der Waals surface area contributed by atoms with Crippen molar-refractivity contribution in [2.45, 2.75) is 45.5 Å². The highest BCUT2D eigenvalue weighted by molar-refractivity contribution is 5.07. The highest BCUT2D eigenvalue weighted by Gasteiger charge is 2.42. The highest BCUT2D eigenvalue weighted by Crippen LogP contribution is 2.37. The molecule has 0 saturated carbocycles. The number of rotatable bonds is 4. The van der Waals surface area contributed by atoms with Gasteiger partial charge in [0.05, 0.1) is 26.9 Å². The molecule has 2 rings (SSSR count). The lowest BCUT2D eigenvalue weighted by atomic mass is 9.93. The van der Waals surface area contributed by atoms with Crippen LogP contribution in [0.4, 0.5) is 0 Å². The van der Waals surface area contributed by atoms with Crippen molar-refractivity contribution in [1.82, 2.24) is 0 Å². The quantitative estimate of drug-likeness (QED) is 0.774. The number of ether oxygens (including phenoxy) is 4. The molecular weight excluding hydrogens is 232 g/mol. The van der Waals surface area contributed by atoms with E-state index in [-0.39, 0.29) is 11.5 Å². The Morgan fingerprint density at radius 2 is 2.00 bits per heavy atom. The number of methoxy groups -OCH3 is 1. The van der Waals surface area contributed by atoms with E-state index < -0.39 is 5.79 Å². The molecule has 0 aliphatic carbocycles. The first-order valence-electron chi connectivity index (χ1n) is 6.64. The minimum Gasteiger partial charge on any atom is -0.499 e. The Balaban J connectivity index is 1.99. The van der Waals surface area contributed by atoms with Crippen LogP contribution in [0.1, 0.15) is 33.6 Å². The van der Waals surface area contributed by atoms with Crippen molar-refractivity contribution in [1.29, 1.82) is 0 Å². The molecule has 1 fully saturated rings. The summed E-state index contributed by atoms with van der Waals surface area (Å²) in [6.07, 6.45) is 3.44. The molecule has 1 atom stereocenters. The third kappa shape index (κ3) is 2.87. The third-order valence-electron chi connectivity index (χ3n) is 3.62. The summed E-state index contributed by atoms with van der Waals surface area (Å²) in [4.78, 5) is 0. The number of hydrogen-bond acceptors (Lipinski definition) is 4. The maximum atomic E-state index is 6.00. The van der Waals surface area contributed by atoms with Gasteiger partial charge in [-0.05, 0) is 12.5 Å². The van der Waals surface area contributed by atoms with Crippen LogP contribution < -0.4 is 0 Å². The fourth-order valence-corrected chi connectivity index (χ4v) is 2.32. The van der Waals surface area contributed by atoms with Crippen molar-refractivity contribution < 1.29 is 18.9 Å². The monoisotopic (exact) mass is 256 g/mol. The summed E-state index contributed by atoms with van der Waals surface area (Å²) in [5, 5.41) is 0. The van der Waals surface area contributed by atoms with Gasteiger partial charge in [-0.15, -0.1) is 0 Å². The Hall–Kier alpha value is -0.580. The third-order valence-corrected chi connectivity index (χ3v) is 3.62. The Bertz CT molecular complexity index is 312. The van der Waals surface area contributed by atoms with Gasteiger partial charge in [0.1, 0.15) is 11.9 Å². The first kappa shape index (κ1) is 13.8. The maximum absolute atomic E-state index is 6.00. The molecule has 0 radical (unpaired) electrons. The molecule has 0 aromatic carbocycles. The second kappa shape index (κ2) is 5.19. The Kier molecular flexibility index (Phi) is 3.99. The second-order valence-electron chi connectivity index (χ2n) is 5.84. The zero-order chi connectivity index (χ0) is 13.2. The van der Waals surface area contributed by atoms with E-state index >= 15 is 0 Å². The van der Waals surface area contributed by atoms with Crippen LogP contribution in [0.15, 0.2) is 11.8 Å². The molecule has 0 N–H and O–H groups in total. The van der Waals surface area contributed by atoms with Gasteiger partial charge >= 0.3 is 0 Å². The van der Waals surface area contributed by atoms with Crippen LogP contribution in [0, 0.1) is 5.41 Å². The maximum Gasteiger partial charge on any atom is 0.170 e. The van der Waals surface area contributed by atoms with E-state index in [0.717, 1.165) is 25.4 Å². The molecule has 18 heavy (non-hydrogen) atoms. The molecule has 2 heterocycles. The molecule has 1 saturated heterocycles. The van der Waals surface area contributed by atoms with Crippen LogP contribution in [0.2, 0.25) is 0 Å². The van der Waals surface area contributed by atoms with Gasteiger partial charge in [-0.1, -0.05) is 20.8 Å². The highest BCUT2D eigenvalue weighted by atomic mass is 16.7. The molecule has 2 aliphatic heterocycles. The molecule has 1 unspecified atom stereocenters. The summed E-state index contributed by atoms with van der Waals surface area (Å²) >= 11 is 0. The van der Waals surface area contributed by atoms with Gasteiger partial charge in [0, 0.05) is 11.8 Å². The topological polar surface area (TPSA) is 36.9 Å². The second-order valence-corrected chi connectivity index (χ2v) is 5.84. The molecule has 0 aromatic heterocycles. The normalized spacial score (nSPS) is 30.0. The van der Waals surface area contributed by atoms with Crippen LogP contribution >= 0.6 is 0 Å². The predicted molar refractivity (Wildman–Crippen MR) is 68.2 cm³/mol. The molecule has 0 bridgehead atoms. The summed E-state index contributed by atoms with van der Waals surface area (Å²) < 4.78 is 23.0. The van der Waals surface area contributed by atoms with Gasteiger partial charge in [0.15, 0.2) is 5.79 Å². The largest absolute Gasteiger partial charge is 0.499 e. The molecule has 104 valence electrons. The summed E-state index contributed by atoms with van der Waals surface area (Å²) in [6, 6.07) is 0. The van der Waals surface area contributed by atoms with E-state index in [0.29, 0.717) is 13.0 Å². The molecular formula is C14H24O4. The molecule has 2 aliphatic rings. The summed E-state index contributed by atoms with van der Waals surface area (Å²) in [6.45, 7) is 8.44. The van der Waals surface area contributed by atoms with Gasteiger partial charge in [-0.2, -0.15) is 0 Å². The van der Waals surface area contributed by atoms with E-state index in [2.05, 4.69) is 20.8 Å². The Labute approximate surface area is 109 Å². The lowest BCUT2D eigenvalue weighted by Gasteiger charge is -2.44. The summed E-state index contributed by atoms with van der Waals surface area (Å²) in [5.74, 6) is 0.363. The Morgan fingerprint density at radius 3 is 2.56 bits per heavy atom. The van der Waals surface area contributed by atoms with Crippen molar-refractivity contribution in [3.63, 3.8) is 0 Å². The van der Waals surface area contributed by atoms with Gasteiger partial charge in [-0.25, -0.2) is 0 Å². The first-order valence-corrected chi connectivity index (χ1v) is 6.64. The zero-order valence-electron chi connectivity index (χ0n) is 11.8. The summed E-state index contributed by atoms with van der Waals surface area (Å²) in [7, 11) is 1.68. The van der Waals surface area contributed by atoms with Crippen molar-refractivity contribution >= 4 is 0 Å². The van der Waals surface area contributed by atoms with E-state index in [1.54, 1.807) is 7.11 Å². The molecule has 0 aromatic rings. The standard InChI is InChI=1S/C14H24O4/c1-5-14(17-9-13(2,3)10-18-14)8-12-11(15-4)6-7-16-12/h6,12H,5,7-10H2,1-4H3. The van der Waals surface area contributed by atoms with Gasteiger partial charge in [-0.3, -0.25) is 0 Å². The van der Waals surface area contributed by atoms with Crippen LogP contribution in [0.5, 0.6) is 0 Å². The average molecular weight is 256 g/mol. The molecule has 0 spiro atoms. The van der Waals surface area contributed by atoms with E-state index in [9.17, 15) is 0 Å². The van der Waals surface area contributed by atoms with Crippen molar-refractivity contribution in [3.05, 3.63) is 11.8 Å². The van der Waals surface area contributed by atoms with Crippen molar-refractivity contribution in [2.24, 2.45) is 5.41 Å². The molecule has 4 nitrogen and oxygen atoms in total. The van der Waals surface area contributed by atoms with Gasteiger partial charge in [0.25, 0.3) is 0 Å². The average Bonchev–Trinajstić information content (AvgIpc) is 2.79. The molecule has 4 heteroatoms. The minimum absolute atomic E-state index is 0.0452. The lowest BCUT2D eigenvalue weighted by Crippen LogP contribution is -2.49.